The number of aromatic nitrogens is 1. The number of rotatable bonds is 7. The Morgan fingerprint density at radius 3 is 2.50 bits per heavy atom. The first kappa shape index (κ1) is 25.6. The summed E-state index contributed by atoms with van der Waals surface area (Å²) in [6.07, 6.45) is 2.38. The second-order valence-electron chi connectivity index (χ2n) is 9.40. The number of nitrogen functional groups attached to an aromatic ring is 2. The van der Waals surface area contributed by atoms with Crippen molar-refractivity contribution in [2.45, 2.75) is 59.0 Å². The average molecular weight is 512 g/mol. The summed E-state index contributed by atoms with van der Waals surface area (Å²) in [6, 6.07) is 8.00. The van der Waals surface area contributed by atoms with Crippen LogP contribution in [0.15, 0.2) is 24.3 Å². The number of carbonyl (C=O) groups excluding carboxylic acids is 1. The molecule has 0 fully saturated rings. The molecular weight excluding hydrogens is 478 g/mol. The van der Waals surface area contributed by atoms with Gasteiger partial charge in [-0.25, -0.2) is 9.78 Å². The maximum Gasteiger partial charge on any atom is 0.513 e. The maximum atomic E-state index is 11.7. The summed E-state index contributed by atoms with van der Waals surface area (Å²) < 4.78 is 22.7. The minimum atomic E-state index is -0.718. The molecular formula is C27H33N3O5S. The van der Waals surface area contributed by atoms with Gasteiger partial charge in [-0.3, -0.25) is 0 Å². The predicted molar refractivity (Wildman–Crippen MR) is 141 cm³/mol. The molecule has 4 rings (SSSR count). The Labute approximate surface area is 215 Å². The van der Waals surface area contributed by atoms with Gasteiger partial charge in [0.1, 0.15) is 28.7 Å². The van der Waals surface area contributed by atoms with Crippen molar-refractivity contribution in [2.75, 3.05) is 25.2 Å². The van der Waals surface area contributed by atoms with Gasteiger partial charge < -0.3 is 30.4 Å². The Morgan fingerprint density at radius 1 is 1.14 bits per heavy atom. The fraction of sp³-hybridized carbons (Fsp3) is 0.407. The highest BCUT2D eigenvalue weighted by atomic mass is 32.1. The lowest BCUT2D eigenvalue weighted by molar-refractivity contribution is 0.0410. The molecule has 36 heavy (non-hydrogen) atoms. The van der Waals surface area contributed by atoms with Crippen molar-refractivity contribution in [3.05, 3.63) is 57.0 Å². The molecule has 1 aromatic heterocycles. The minimum Gasteiger partial charge on any atom is -0.493 e. The van der Waals surface area contributed by atoms with Gasteiger partial charge in [0.05, 0.1) is 18.6 Å². The second kappa shape index (κ2) is 10.3. The van der Waals surface area contributed by atoms with Crippen molar-refractivity contribution < 1.29 is 23.7 Å². The number of fused-ring (bicyclic) bond motifs is 1. The number of hydrogen-bond donors (Lipinski definition) is 2. The molecule has 1 aliphatic heterocycles. The molecule has 0 saturated carbocycles. The third kappa shape index (κ3) is 5.36. The van der Waals surface area contributed by atoms with Gasteiger partial charge in [-0.1, -0.05) is 23.5 Å². The van der Waals surface area contributed by atoms with Crippen LogP contribution in [0, 0.1) is 20.8 Å². The number of nitrogens with zero attached hydrogens (tertiary/aromatic N) is 1. The van der Waals surface area contributed by atoms with Gasteiger partial charge in [0, 0.05) is 18.4 Å². The number of anilines is 2. The van der Waals surface area contributed by atoms with E-state index < -0.39 is 6.16 Å². The quantitative estimate of drug-likeness (QED) is 0.314. The lowest BCUT2D eigenvalue weighted by Gasteiger charge is -2.38. The Bertz CT molecular complexity index is 1270. The molecule has 0 bridgehead atoms. The number of thiazole rings is 1. The largest absolute Gasteiger partial charge is 0.513 e. The first-order chi connectivity index (χ1) is 17.1. The summed E-state index contributed by atoms with van der Waals surface area (Å²) in [6.45, 7) is 8.54. The van der Waals surface area contributed by atoms with Gasteiger partial charge in [0.2, 0.25) is 0 Å². The highest BCUT2D eigenvalue weighted by Gasteiger charge is 2.35. The standard InChI is InChI=1S/C27H33N3O5S/c1-15-16(2)23-20(17(3)22(15)34-26(31)32-5)10-11-27(4,35-23)12-13-33-19-8-6-18(7-9-19)14-21-24(28)30-25(29)36-21/h6-9H,10-14,28H2,1-5H3,(H2,29,30). The maximum absolute atomic E-state index is 11.7. The number of methoxy groups -OCH3 is 1. The molecule has 3 aromatic rings. The summed E-state index contributed by atoms with van der Waals surface area (Å²) in [5.74, 6) is 2.73. The number of nitrogens with two attached hydrogens (primary N) is 2. The molecule has 9 heteroatoms. The summed E-state index contributed by atoms with van der Waals surface area (Å²) in [7, 11) is 1.30. The van der Waals surface area contributed by atoms with Gasteiger partial charge in [-0.05, 0) is 74.9 Å². The molecule has 0 amide bonds. The van der Waals surface area contributed by atoms with E-state index >= 15 is 0 Å². The fourth-order valence-electron chi connectivity index (χ4n) is 4.52. The number of hydrogen-bond acceptors (Lipinski definition) is 9. The first-order valence-electron chi connectivity index (χ1n) is 11.9. The minimum absolute atomic E-state index is 0.356. The monoisotopic (exact) mass is 511 g/mol. The summed E-state index contributed by atoms with van der Waals surface area (Å²) in [5.41, 5.74) is 16.3. The molecule has 192 valence electrons. The zero-order valence-corrected chi connectivity index (χ0v) is 22.2. The van der Waals surface area contributed by atoms with Gasteiger partial charge in [-0.15, -0.1) is 0 Å². The number of benzene rings is 2. The van der Waals surface area contributed by atoms with Crippen molar-refractivity contribution in [1.29, 1.82) is 0 Å². The summed E-state index contributed by atoms with van der Waals surface area (Å²) in [4.78, 5) is 16.8. The van der Waals surface area contributed by atoms with Crippen LogP contribution in [0.25, 0.3) is 0 Å². The van der Waals surface area contributed by atoms with Crippen molar-refractivity contribution in [1.82, 2.24) is 4.98 Å². The molecule has 2 aromatic carbocycles. The molecule has 2 heterocycles. The van der Waals surface area contributed by atoms with Crippen LogP contribution in [-0.4, -0.2) is 30.5 Å². The van der Waals surface area contributed by atoms with Crippen molar-refractivity contribution in [3.8, 4) is 17.2 Å². The third-order valence-electron chi connectivity index (χ3n) is 6.85. The second-order valence-corrected chi connectivity index (χ2v) is 10.5. The number of ether oxygens (including phenoxy) is 4. The SMILES string of the molecule is COC(=O)Oc1c(C)c(C)c2c(c1C)CCC(C)(CCOc1ccc(Cc3sc(N)nc3N)cc1)O2. The summed E-state index contributed by atoms with van der Waals surface area (Å²) >= 11 is 1.41. The molecule has 0 saturated heterocycles. The lowest BCUT2D eigenvalue weighted by Crippen LogP contribution is -2.38. The molecule has 1 unspecified atom stereocenters. The van der Waals surface area contributed by atoms with Crippen LogP contribution in [0.2, 0.25) is 0 Å². The number of carbonyl (C=O) groups is 1. The zero-order chi connectivity index (χ0) is 26.0. The van der Waals surface area contributed by atoms with Gasteiger partial charge in [0.15, 0.2) is 5.13 Å². The Morgan fingerprint density at radius 2 is 1.86 bits per heavy atom. The van der Waals surface area contributed by atoms with E-state index in [1.807, 2.05) is 45.0 Å². The van der Waals surface area contributed by atoms with E-state index in [1.165, 1.54) is 18.4 Å². The van der Waals surface area contributed by atoms with Crippen molar-refractivity contribution in [3.63, 3.8) is 0 Å². The van der Waals surface area contributed by atoms with Crippen molar-refractivity contribution in [2.24, 2.45) is 0 Å². The lowest BCUT2D eigenvalue weighted by atomic mass is 9.86. The molecule has 1 aliphatic rings. The zero-order valence-electron chi connectivity index (χ0n) is 21.4. The highest BCUT2D eigenvalue weighted by Crippen LogP contribution is 2.44. The van der Waals surface area contributed by atoms with Gasteiger partial charge >= 0.3 is 6.16 Å². The summed E-state index contributed by atoms with van der Waals surface area (Å²) in [5, 5.41) is 0.485. The van der Waals surface area contributed by atoms with E-state index in [0.29, 0.717) is 29.7 Å². The van der Waals surface area contributed by atoms with E-state index in [9.17, 15) is 4.79 Å². The normalized spacial score (nSPS) is 16.7. The molecule has 8 nitrogen and oxygen atoms in total. The van der Waals surface area contributed by atoms with E-state index in [-0.39, 0.29) is 5.60 Å². The smallest absolute Gasteiger partial charge is 0.493 e. The van der Waals surface area contributed by atoms with Crippen LogP contribution in [0.5, 0.6) is 17.2 Å². The molecule has 4 N–H and O–H groups in total. The van der Waals surface area contributed by atoms with E-state index in [0.717, 1.165) is 63.5 Å². The van der Waals surface area contributed by atoms with Crippen molar-refractivity contribution >= 4 is 28.4 Å². The van der Waals surface area contributed by atoms with Crippen LogP contribution in [0.1, 0.15) is 52.5 Å². The van der Waals surface area contributed by atoms with Crippen LogP contribution in [0.4, 0.5) is 15.7 Å². The van der Waals surface area contributed by atoms with Crippen LogP contribution < -0.4 is 25.7 Å². The van der Waals surface area contributed by atoms with E-state index in [1.54, 1.807) is 0 Å². The van der Waals surface area contributed by atoms with Gasteiger partial charge in [-0.2, -0.15) is 0 Å². The van der Waals surface area contributed by atoms with E-state index in [4.69, 9.17) is 25.7 Å². The molecule has 0 aliphatic carbocycles. The molecule has 0 spiro atoms. The molecule has 1 atom stereocenters. The van der Waals surface area contributed by atoms with E-state index in [2.05, 4.69) is 16.6 Å². The van der Waals surface area contributed by atoms with Crippen LogP contribution >= 0.6 is 11.3 Å². The fourth-order valence-corrected chi connectivity index (χ4v) is 5.30. The highest BCUT2D eigenvalue weighted by molar-refractivity contribution is 7.15. The predicted octanol–water partition coefficient (Wildman–Crippen LogP) is 5.52. The Balaban J connectivity index is 1.38. The van der Waals surface area contributed by atoms with Crippen LogP contribution in [-0.2, 0) is 17.6 Å². The van der Waals surface area contributed by atoms with Gasteiger partial charge in [0.25, 0.3) is 0 Å². The molecule has 0 radical (unpaired) electrons. The topological polar surface area (TPSA) is 119 Å². The average Bonchev–Trinajstić information content (AvgIpc) is 3.17. The Hall–Kier alpha value is -3.46. The Kier molecular flexibility index (Phi) is 7.31. The third-order valence-corrected chi connectivity index (χ3v) is 7.75. The first-order valence-corrected chi connectivity index (χ1v) is 12.7. The van der Waals surface area contributed by atoms with Crippen LogP contribution in [0.3, 0.4) is 0 Å².